The molecule has 0 bridgehead atoms. The zero-order valence-corrected chi connectivity index (χ0v) is 14.9. The molecule has 1 fully saturated rings. The number of hydrogen-bond donors (Lipinski definition) is 2. The summed E-state index contributed by atoms with van der Waals surface area (Å²) in [5.74, 6) is 0.422. The van der Waals surface area contributed by atoms with Gasteiger partial charge < -0.3 is 25.0 Å². The first-order valence-electron chi connectivity index (χ1n) is 8.41. The SMILES string of the molecule is COCCNC(=O)[C@H]1C[C@H](Oc2cccnc2)CN1C(=O)NC(C)C. The molecule has 1 saturated heterocycles. The van der Waals surface area contributed by atoms with Gasteiger partial charge in [-0.3, -0.25) is 9.78 Å². The first kappa shape index (κ1) is 19.0. The van der Waals surface area contributed by atoms with Crippen molar-refractivity contribution in [2.24, 2.45) is 0 Å². The Balaban J connectivity index is 2.04. The fourth-order valence-corrected chi connectivity index (χ4v) is 2.69. The monoisotopic (exact) mass is 350 g/mol. The quantitative estimate of drug-likeness (QED) is 0.709. The molecule has 25 heavy (non-hydrogen) atoms. The van der Waals surface area contributed by atoms with E-state index in [1.807, 2.05) is 13.8 Å². The van der Waals surface area contributed by atoms with Crippen molar-refractivity contribution >= 4 is 11.9 Å². The second kappa shape index (κ2) is 9.22. The van der Waals surface area contributed by atoms with E-state index in [9.17, 15) is 9.59 Å². The zero-order valence-electron chi connectivity index (χ0n) is 14.9. The van der Waals surface area contributed by atoms with Gasteiger partial charge in [0.2, 0.25) is 5.91 Å². The van der Waals surface area contributed by atoms with Crippen LogP contribution >= 0.6 is 0 Å². The van der Waals surface area contributed by atoms with Crippen molar-refractivity contribution < 1.29 is 19.1 Å². The van der Waals surface area contributed by atoms with Crippen LogP contribution in [0.4, 0.5) is 4.79 Å². The van der Waals surface area contributed by atoms with E-state index in [0.29, 0.717) is 31.9 Å². The molecule has 0 aromatic carbocycles. The summed E-state index contributed by atoms with van der Waals surface area (Å²) in [6.45, 7) is 4.93. The number of methoxy groups -OCH3 is 1. The van der Waals surface area contributed by atoms with Gasteiger partial charge in [-0.25, -0.2) is 4.79 Å². The van der Waals surface area contributed by atoms with Crippen molar-refractivity contribution in [1.29, 1.82) is 0 Å². The van der Waals surface area contributed by atoms with E-state index in [2.05, 4.69) is 15.6 Å². The lowest BCUT2D eigenvalue weighted by Gasteiger charge is -2.25. The number of aromatic nitrogens is 1. The molecule has 0 aliphatic carbocycles. The molecule has 138 valence electrons. The standard InChI is InChI=1S/C17H26N4O4/c1-12(2)20-17(23)21-11-14(25-13-5-4-6-18-10-13)9-15(21)16(22)19-7-8-24-3/h4-6,10,12,14-15H,7-9,11H2,1-3H3,(H,19,22)(H,20,23)/t14-,15+/m0/s1. The second-order valence-electron chi connectivity index (χ2n) is 6.22. The number of urea groups is 1. The van der Waals surface area contributed by atoms with Crippen LogP contribution in [-0.4, -0.2) is 66.8 Å². The van der Waals surface area contributed by atoms with Crippen LogP contribution in [-0.2, 0) is 9.53 Å². The number of pyridine rings is 1. The fraction of sp³-hybridized carbons (Fsp3) is 0.588. The molecule has 8 heteroatoms. The van der Waals surface area contributed by atoms with Crippen molar-refractivity contribution in [2.75, 3.05) is 26.8 Å². The second-order valence-corrected chi connectivity index (χ2v) is 6.22. The van der Waals surface area contributed by atoms with Crippen LogP contribution in [0.3, 0.4) is 0 Å². The molecule has 3 amide bonds. The van der Waals surface area contributed by atoms with Gasteiger partial charge in [0.1, 0.15) is 17.9 Å². The smallest absolute Gasteiger partial charge is 0.318 e. The maximum atomic E-state index is 12.5. The van der Waals surface area contributed by atoms with Crippen molar-refractivity contribution in [2.45, 2.75) is 38.5 Å². The summed E-state index contributed by atoms with van der Waals surface area (Å²) in [5.41, 5.74) is 0. The third kappa shape index (κ3) is 5.60. The lowest BCUT2D eigenvalue weighted by molar-refractivity contribution is -0.124. The Morgan fingerprint density at radius 1 is 1.44 bits per heavy atom. The molecule has 1 aliphatic rings. The molecule has 0 radical (unpaired) electrons. The molecule has 2 atom stereocenters. The largest absolute Gasteiger partial charge is 0.487 e. The number of amides is 3. The zero-order chi connectivity index (χ0) is 18.2. The molecule has 1 aromatic rings. The number of ether oxygens (including phenoxy) is 2. The third-order valence-corrected chi connectivity index (χ3v) is 3.78. The van der Waals surface area contributed by atoms with Gasteiger partial charge in [-0.2, -0.15) is 0 Å². The van der Waals surface area contributed by atoms with Gasteiger partial charge in [-0.05, 0) is 26.0 Å². The highest BCUT2D eigenvalue weighted by Crippen LogP contribution is 2.23. The summed E-state index contributed by atoms with van der Waals surface area (Å²) in [7, 11) is 1.57. The summed E-state index contributed by atoms with van der Waals surface area (Å²) in [6, 6.07) is 2.74. The van der Waals surface area contributed by atoms with E-state index in [-0.39, 0.29) is 24.1 Å². The Morgan fingerprint density at radius 3 is 2.88 bits per heavy atom. The molecule has 2 N–H and O–H groups in total. The minimum absolute atomic E-state index is 0.0111. The van der Waals surface area contributed by atoms with Crippen molar-refractivity contribution in [1.82, 2.24) is 20.5 Å². The van der Waals surface area contributed by atoms with Gasteiger partial charge in [0.05, 0.1) is 19.3 Å². The summed E-state index contributed by atoms with van der Waals surface area (Å²) < 4.78 is 10.8. The van der Waals surface area contributed by atoms with Crippen LogP contribution in [0.5, 0.6) is 5.75 Å². The van der Waals surface area contributed by atoms with Crippen LogP contribution in [0.1, 0.15) is 20.3 Å². The summed E-state index contributed by atoms with van der Waals surface area (Å²) >= 11 is 0. The fourth-order valence-electron chi connectivity index (χ4n) is 2.69. The van der Waals surface area contributed by atoms with Gasteiger partial charge in [0, 0.05) is 32.3 Å². The molecular formula is C17H26N4O4. The Bertz CT molecular complexity index is 567. The predicted octanol–water partition coefficient (Wildman–Crippen LogP) is 0.784. The molecule has 2 rings (SSSR count). The summed E-state index contributed by atoms with van der Waals surface area (Å²) in [4.78, 5) is 30.4. The average molecular weight is 350 g/mol. The molecule has 1 aliphatic heterocycles. The van der Waals surface area contributed by atoms with Crippen LogP contribution in [0.2, 0.25) is 0 Å². The lowest BCUT2D eigenvalue weighted by Crippen LogP contribution is -2.51. The topological polar surface area (TPSA) is 92.8 Å². The lowest BCUT2D eigenvalue weighted by atomic mass is 10.2. The highest BCUT2D eigenvalue weighted by molar-refractivity contribution is 5.87. The molecular weight excluding hydrogens is 324 g/mol. The normalized spacial score (nSPS) is 19.8. The van der Waals surface area contributed by atoms with E-state index in [1.165, 1.54) is 4.90 Å². The van der Waals surface area contributed by atoms with Crippen molar-refractivity contribution in [3.05, 3.63) is 24.5 Å². The molecule has 1 aromatic heterocycles. The predicted molar refractivity (Wildman–Crippen MR) is 92.3 cm³/mol. The molecule has 0 spiro atoms. The van der Waals surface area contributed by atoms with Gasteiger partial charge in [-0.1, -0.05) is 0 Å². The first-order chi connectivity index (χ1) is 12.0. The Labute approximate surface area is 147 Å². The van der Waals surface area contributed by atoms with Gasteiger partial charge in [0.15, 0.2) is 0 Å². The molecule has 2 heterocycles. The van der Waals surface area contributed by atoms with Crippen LogP contribution < -0.4 is 15.4 Å². The minimum atomic E-state index is -0.572. The average Bonchev–Trinajstić information content (AvgIpc) is 2.99. The van der Waals surface area contributed by atoms with E-state index in [1.54, 1.807) is 31.6 Å². The summed E-state index contributed by atoms with van der Waals surface area (Å²) in [6.07, 6.45) is 3.44. The van der Waals surface area contributed by atoms with Gasteiger partial charge in [0.25, 0.3) is 0 Å². The highest BCUT2D eigenvalue weighted by atomic mass is 16.5. The number of hydrogen-bond acceptors (Lipinski definition) is 5. The number of carbonyl (C=O) groups excluding carboxylic acids is 2. The number of rotatable bonds is 7. The maximum absolute atomic E-state index is 12.5. The van der Waals surface area contributed by atoms with Gasteiger partial charge >= 0.3 is 6.03 Å². The molecule has 8 nitrogen and oxygen atoms in total. The van der Waals surface area contributed by atoms with E-state index in [0.717, 1.165) is 0 Å². The van der Waals surface area contributed by atoms with E-state index >= 15 is 0 Å². The van der Waals surface area contributed by atoms with E-state index in [4.69, 9.17) is 9.47 Å². The van der Waals surface area contributed by atoms with Crippen molar-refractivity contribution in [3.8, 4) is 5.75 Å². The Hall–Kier alpha value is -2.35. The third-order valence-electron chi connectivity index (χ3n) is 3.78. The minimum Gasteiger partial charge on any atom is -0.487 e. The number of nitrogens with zero attached hydrogens (tertiary/aromatic N) is 2. The maximum Gasteiger partial charge on any atom is 0.318 e. The molecule has 0 unspecified atom stereocenters. The Morgan fingerprint density at radius 2 is 2.24 bits per heavy atom. The Kier molecular flexibility index (Phi) is 7.00. The van der Waals surface area contributed by atoms with Crippen LogP contribution in [0.25, 0.3) is 0 Å². The van der Waals surface area contributed by atoms with Crippen LogP contribution in [0, 0.1) is 0 Å². The van der Waals surface area contributed by atoms with Crippen LogP contribution in [0.15, 0.2) is 24.5 Å². The van der Waals surface area contributed by atoms with Gasteiger partial charge in [-0.15, -0.1) is 0 Å². The number of nitrogens with one attached hydrogen (secondary N) is 2. The van der Waals surface area contributed by atoms with E-state index < -0.39 is 6.04 Å². The molecule has 0 saturated carbocycles. The number of carbonyl (C=O) groups is 2. The highest BCUT2D eigenvalue weighted by Gasteiger charge is 2.40. The number of likely N-dealkylation sites (tertiary alicyclic amines) is 1. The van der Waals surface area contributed by atoms with Crippen molar-refractivity contribution in [3.63, 3.8) is 0 Å². The first-order valence-corrected chi connectivity index (χ1v) is 8.41. The summed E-state index contributed by atoms with van der Waals surface area (Å²) in [5, 5.41) is 5.63.